The average Bonchev–Trinajstić information content (AvgIpc) is 2.69. The molecular formula is C20H27N5O2. The number of nitrogens with one attached hydrogen (secondary N) is 1. The Balaban J connectivity index is 1.59. The first-order chi connectivity index (χ1) is 13.1. The normalized spacial score (nSPS) is 20.0. The molecule has 0 saturated carbocycles. The lowest BCUT2D eigenvalue weighted by Gasteiger charge is -2.37. The molecule has 7 nitrogen and oxygen atoms in total. The molecule has 1 aromatic carbocycles. The average molecular weight is 369 g/mol. The number of hydrogen-bond acceptors (Lipinski definition) is 6. The number of carbonyl (C=O) groups excluding carboxylic acids is 1. The molecule has 0 spiro atoms. The third-order valence-corrected chi connectivity index (χ3v) is 4.81. The molecule has 1 amide bonds. The Morgan fingerprint density at radius 3 is 2.93 bits per heavy atom. The third-order valence-electron chi connectivity index (χ3n) is 4.81. The molecule has 0 bridgehead atoms. The molecule has 1 aromatic heterocycles. The quantitative estimate of drug-likeness (QED) is 0.806. The fourth-order valence-electron chi connectivity index (χ4n) is 3.22. The number of aryl methyl sites for hydroxylation is 1. The molecule has 27 heavy (non-hydrogen) atoms. The van der Waals surface area contributed by atoms with Gasteiger partial charge in [-0.1, -0.05) is 12.1 Å². The van der Waals surface area contributed by atoms with E-state index >= 15 is 0 Å². The molecule has 1 aliphatic heterocycles. The van der Waals surface area contributed by atoms with Crippen molar-refractivity contribution in [2.75, 3.05) is 31.6 Å². The van der Waals surface area contributed by atoms with Gasteiger partial charge in [-0.25, -0.2) is 9.97 Å². The van der Waals surface area contributed by atoms with Crippen molar-refractivity contribution in [1.82, 2.24) is 20.2 Å². The van der Waals surface area contributed by atoms with Gasteiger partial charge in [0.15, 0.2) is 6.35 Å². The molecule has 1 saturated heterocycles. The molecule has 0 radical (unpaired) electrons. The van der Waals surface area contributed by atoms with Gasteiger partial charge in [0.2, 0.25) is 5.91 Å². The van der Waals surface area contributed by atoms with Crippen LogP contribution in [-0.4, -0.2) is 53.9 Å². The highest BCUT2D eigenvalue weighted by Crippen LogP contribution is 2.22. The van der Waals surface area contributed by atoms with Crippen LogP contribution in [0.3, 0.4) is 0 Å². The second-order valence-electron chi connectivity index (χ2n) is 6.70. The molecular weight excluding hydrogens is 342 g/mol. The molecule has 144 valence electrons. The zero-order valence-electron chi connectivity index (χ0n) is 16.1. The zero-order valence-corrected chi connectivity index (χ0v) is 16.1. The van der Waals surface area contributed by atoms with E-state index in [1.54, 1.807) is 18.1 Å². The third kappa shape index (κ3) is 4.81. The Morgan fingerprint density at radius 2 is 2.22 bits per heavy atom. The number of benzene rings is 1. The van der Waals surface area contributed by atoms with Gasteiger partial charge in [0.25, 0.3) is 0 Å². The highest BCUT2D eigenvalue weighted by Gasteiger charge is 2.32. The van der Waals surface area contributed by atoms with Gasteiger partial charge in [-0.15, -0.1) is 0 Å². The van der Waals surface area contributed by atoms with Gasteiger partial charge < -0.3 is 14.5 Å². The summed E-state index contributed by atoms with van der Waals surface area (Å²) < 4.78 is 6.01. The van der Waals surface area contributed by atoms with E-state index in [1.165, 1.54) is 17.6 Å². The Kier molecular flexibility index (Phi) is 6.36. The summed E-state index contributed by atoms with van der Waals surface area (Å²) in [6.07, 6.45) is 3.07. The van der Waals surface area contributed by atoms with Gasteiger partial charge in [0.1, 0.15) is 6.33 Å². The summed E-state index contributed by atoms with van der Waals surface area (Å²) in [5, 5.41) is 3.36. The number of likely N-dealkylation sites (N-methyl/N-ethyl adjacent to an activating group) is 1. The van der Waals surface area contributed by atoms with Crippen molar-refractivity contribution in [3.63, 3.8) is 0 Å². The predicted octanol–water partition coefficient (Wildman–Crippen LogP) is 2.10. The van der Waals surface area contributed by atoms with Crippen molar-refractivity contribution in [3.8, 4) is 0 Å². The maximum absolute atomic E-state index is 12.4. The summed E-state index contributed by atoms with van der Waals surface area (Å²) in [5.41, 5.74) is 3.22. The van der Waals surface area contributed by atoms with Crippen LogP contribution in [0.15, 0.2) is 42.9 Å². The fraction of sp³-hybridized carbons (Fsp3) is 0.450. The molecule has 1 aliphatic rings. The summed E-state index contributed by atoms with van der Waals surface area (Å²) in [4.78, 5) is 24.4. The summed E-state index contributed by atoms with van der Waals surface area (Å²) >= 11 is 0. The van der Waals surface area contributed by atoms with Crippen LogP contribution in [0.25, 0.3) is 0 Å². The maximum Gasteiger partial charge on any atom is 0.227 e. The second kappa shape index (κ2) is 8.92. The number of carbonyl (C=O) groups is 1. The Morgan fingerprint density at radius 1 is 1.37 bits per heavy atom. The summed E-state index contributed by atoms with van der Waals surface area (Å²) in [7, 11) is 1.76. The first-order valence-corrected chi connectivity index (χ1v) is 9.29. The fourth-order valence-corrected chi connectivity index (χ4v) is 3.22. The first kappa shape index (κ1) is 19.3. The smallest absolute Gasteiger partial charge is 0.227 e. The molecule has 2 atom stereocenters. The lowest BCUT2D eigenvalue weighted by atomic mass is 10.1. The van der Waals surface area contributed by atoms with Gasteiger partial charge in [0, 0.05) is 38.4 Å². The van der Waals surface area contributed by atoms with Crippen LogP contribution < -0.4 is 10.2 Å². The molecule has 2 unspecified atom stereocenters. The lowest BCUT2D eigenvalue weighted by molar-refractivity contribution is -0.156. The number of nitrogens with zero attached hydrogens (tertiary/aromatic N) is 4. The van der Waals surface area contributed by atoms with E-state index in [0.717, 1.165) is 18.8 Å². The van der Waals surface area contributed by atoms with Gasteiger partial charge in [-0.05, 0) is 37.6 Å². The largest absolute Gasteiger partial charge is 0.369 e. The summed E-state index contributed by atoms with van der Waals surface area (Å²) in [6, 6.07) is 10.1. The molecule has 2 aromatic rings. The van der Waals surface area contributed by atoms with Crippen molar-refractivity contribution in [2.45, 2.75) is 32.7 Å². The summed E-state index contributed by atoms with van der Waals surface area (Å²) in [5.74, 6) is 0.0356. The molecule has 2 heterocycles. The lowest BCUT2D eigenvalue weighted by Crippen LogP contribution is -2.55. The van der Waals surface area contributed by atoms with E-state index in [-0.39, 0.29) is 11.9 Å². The maximum atomic E-state index is 12.4. The van der Waals surface area contributed by atoms with Crippen LogP contribution in [0.1, 0.15) is 30.6 Å². The van der Waals surface area contributed by atoms with Crippen molar-refractivity contribution < 1.29 is 9.53 Å². The molecule has 3 rings (SSSR count). The predicted molar refractivity (Wildman–Crippen MR) is 104 cm³/mol. The SMILES string of the molecule is CCN(CCOC1NC(c2ccncn2)CC(=O)N1C)c1cccc(C)c1. The van der Waals surface area contributed by atoms with Crippen LogP contribution in [-0.2, 0) is 9.53 Å². The van der Waals surface area contributed by atoms with E-state index in [4.69, 9.17) is 4.74 Å². The van der Waals surface area contributed by atoms with Crippen LogP contribution in [0.2, 0.25) is 0 Å². The molecule has 0 aliphatic carbocycles. The number of aromatic nitrogens is 2. The Bertz CT molecular complexity index is 755. The monoisotopic (exact) mass is 369 g/mol. The van der Waals surface area contributed by atoms with Crippen molar-refractivity contribution >= 4 is 11.6 Å². The first-order valence-electron chi connectivity index (χ1n) is 9.29. The van der Waals surface area contributed by atoms with Crippen LogP contribution >= 0.6 is 0 Å². The van der Waals surface area contributed by atoms with E-state index in [1.807, 2.05) is 6.07 Å². The molecule has 1 fully saturated rings. The molecule has 1 N–H and O–H groups in total. The minimum Gasteiger partial charge on any atom is -0.369 e. The Hall–Kier alpha value is -2.51. The van der Waals surface area contributed by atoms with Crippen molar-refractivity contribution in [3.05, 3.63) is 54.1 Å². The zero-order chi connectivity index (χ0) is 19.2. The van der Waals surface area contributed by atoms with Crippen molar-refractivity contribution in [1.29, 1.82) is 0 Å². The summed E-state index contributed by atoms with van der Waals surface area (Å²) in [6.45, 7) is 6.37. The van der Waals surface area contributed by atoms with Crippen LogP contribution in [0, 0.1) is 6.92 Å². The van der Waals surface area contributed by atoms with Gasteiger partial charge in [-0.3, -0.25) is 10.1 Å². The number of hydrogen-bond donors (Lipinski definition) is 1. The Labute approximate surface area is 160 Å². The van der Waals surface area contributed by atoms with E-state index < -0.39 is 6.35 Å². The van der Waals surface area contributed by atoms with Gasteiger partial charge in [0.05, 0.1) is 18.3 Å². The standard InChI is InChI=1S/C20H27N5O2/c1-4-25(16-7-5-6-15(2)12-16)10-11-27-20-23-18(13-19(26)24(20)3)17-8-9-21-14-22-17/h5-9,12,14,18,20,23H,4,10-11,13H2,1-3H3. The van der Waals surface area contributed by atoms with E-state index in [0.29, 0.717) is 13.0 Å². The highest BCUT2D eigenvalue weighted by molar-refractivity contribution is 5.77. The topological polar surface area (TPSA) is 70.6 Å². The number of rotatable bonds is 7. The highest BCUT2D eigenvalue weighted by atomic mass is 16.5. The van der Waals surface area contributed by atoms with Crippen LogP contribution in [0.4, 0.5) is 5.69 Å². The van der Waals surface area contributed by atoms with Crippen LogP contribution in [0.5, 0.6) is 0 Å². The second-order valence-corrected chi connectivity index (χ2v) is 6.70. The van der Waals surface area contributed by atoms with Crippen molar-refractivity contribution in [2.24, 2.45) is 0 Å². The molecule has 7 heteroatoms. The van der Waals surface area contributed by atoms with E-state index in [9.17, 15) is 4.79 Å². The van der Waals surface area contributed by atoms with Gasteiger partial charge in [-0.2, -0.15) is 0 Å². The van der Waals surface area contributed by atoms with E-state index in [2.05, 4.69) is 58.3 Å². The minimum atomic E-state index is -0.470. The number of ether oxygens (including phenoxy) is 1. The van der Waals surface area contributed by atoms with Gasteiger partial charge >= 0.3 is 0 Å². The number of amides is 1. The number of anilines is 1. The minimum absolute atomic E-state index is 0.0356.